The smallest absolute Gasteiger partial charge is 0.00773 e. The molecule has 0 radical (unpaired) electrons. The monoisotopic (exact) mass is 312 g/mol. The van der Waals surface area contributed by atoms with Crippen molar-refractivity contribution in [3.8, 4) is 0 Å². The lowest BCUT2D eigenvalue weighted by molar-refractivity contribution is 0.397. The molecule has 22 heavy (non-hydrogen) atoms. The Morgan fingerprint density at radius 1 is 0.500 bits per heavy atom. The number of hydrogen-bond donors (Lipinski definition) is 2. The Bertz CT molecular complexity index is 194. The molecular weight excluding hydrogens is 268 g/mol. The maximum Gasteiger partial charge on any atom is -0.00773 e. The van der Waals surface area contributed by atoms with Gasteiger partial charge in [0.1, 0.15) is 0 Å². The first-order valence-corrected chi connectivity index (χ1v) is 10.2. The fourth-order valence-corrected chi connectivity index (χ4v) is 3.30. The summed E-state index contributed by atoms with van der Waals surface area (Å²) >= 11 is 0. The van der Waals surface area contributed by atoms with Crippen LogP contribution in [0.4, 0.5) is 0 Å². The summed E-state index contributed by atoms with van der Waals surface area (Å²) in [6, 6.07) is 0. The summed E-state index contributed by atoms with van der Waals surface area (Å²) in [5.41, 5.74) is 11.1. The van der Waals surface area contributed by atoms with Gasteiger partial charge in [-0.1, -0.05) is 96.8 Å². The van der Waals surface area contributed by atoms with Crippen LogP contribution in [0.2, 0.25) is 0 Å². The van der Waals surface area contributed by atoms with E-state index in [-0.39, 0.29) is 0 Å². The summed E-state index contributed by atoms with van der Waals surface area (Å²) in [6.45, 7) is 4.08. The first-order chi connectivity index (χ1) is 10.8. The average Bonchev–Trinajstić information content (AvgIpc) is 2.54. The normalized spacial score (nSPS) is 12.7. The molecule has 0 amide bonds. The molecule has 0 fully saturated rings. The van der Waals surface area contributed by atoms with Crippen LogP contribution in [0.1, 0.15) is 110 Å². The lowest BCUT2D eigenvalue weighted by Gasteiger charge is -2.14. The van der Waals surface area contributed by atoms with Crippen molar-refractivity contribution in [2.45, 2.75) is 110 Å². The van der Waals surface area contributed by atoms with Crippen molar-refractivity contribution < 1.29 is 0 Å². The minimum absolute atomic E-state index is 0.865. The zero-order chi connectivity index (χ0) is 16.3. The maximum atomic E-state index is 5.57. The molecule has 0 heterocycles. The van der Waals surface area contributed by atoms with E-state index in [4.69, 9.17) is 11.5 Å². The average molecular weight is 313 g/mol. The SMILES string of the molecule is CCC(CCCCN)CCCCCCCCCCCCCN. The number of rotatable bonds is 18. The highest BCUT2D eigenvalue weighted by atomic mass is 14.5. The Balaban J connectivity index is 3.18. The Kier molecular flexibility index (Phi) is 18.9. The molecule has 2 nitrogen and oxygen atoms in total. The van der Waals surface area contributed by atoms with Gasteiger partial charge in [-0.2, -0.15) is 0 Å². The molecule has 0 saturated carbocycles. The summed E-state index contributed by atoms with van der Waals surface area (Å²) in [7, 11) is 0. The number of nitrogens with two attached hydrogens (primary N) is 2. The Hall–Kier alpha value is -0.0800. The minimum Gasteiger partial charge on any atom is -0.330 e. The second-order valence-corrected chi connectivity index (χ2v) is 7.03. The van der Waals surface area contributed by atoms with Crippen LogP contribution in [0.15, 0.2) is 0 Å². The summed E-state index contributed by atoms with van der Waals surface area (Å²) in [6.07, 6.45) is 22.2. The van der Waals surface area contributed by atoms with Gasteiger partial charge >= 0.3 is 0 Å². The number of hydrogen-bond acceptors (Lipinski definition) is 2. The Labute approximate surface area is 140 Å². The van der Waals surface area contributed by atoms with Crippen molar-refractivity contribution in [2.75, 3.05) is 13.1 Å². The molecule has 0 aromatic heterocycles. The van der Waals surface area contributed by atoms with Gasteiger partial charge in [0.15, 0.2) is 0 Å². The third-order valence-electron chi connectivity index (χ3n) is 4.96. The van der Waals surface area contributed by atoms with Crippen molar-refractivity contribution in [3.05, 3.63) is 0 Å². The molecule has 0 rings (SSSR count). The van der Waals surface area contributed by atoms with Crippen molar-refractivity contribution in [3.63, 3.8) is 0 Å². The second-order valence-electron chi connectivity index (χ2n) is 7.03. The molecule has 1 unspecified atom stereocenters. The summed E-state index contributed by atoms with van der Waals surface area (Å²) in [5, 5.41) is 0. The molecule has 0 aliphatic heterocycles. The molecule has 4 N–H and O–H groups in total. The van der Waals surface area contributed by atoms with E-state index in [1.165, 1.54) is 103 Å². The maximum absolute atomic E-state index is 5.57. The fraction of sp³-hybridized carbons (Fsp3) is 1.00. The standard InChI is InChI=1S/C20H44N2/c1-2-20(17-13-15-19-22)16-12-10-8-6-4-3-5-7-9-11-14-18-21/h20H,2-19,21-22H2,1H3. The lowest BCUT2D eigenvalue weighted by Crippen LogP contribution is -2.02. The largest absolute Gasteiger partial charge is 0.330 e. The van der Waals surface area contributed by atoms with Gasteiger partial charge in [-0.15, -0.1) is 0 Å². The third kappa shape index (κ3) is 16.3. The molecule has 0 aliphatic carbocycles. The Morgan fingerprint density at radius 3 is 1.23 bits per heavy atom. The van der Waals surface area contributed by atoms with Crippen LogP contribution in [-0.2, 0) is 0 Å². The highest BCUT2D eigenvalue weighted by Gasteiger charge is 2.05. The van der Waals surface area contributed by atoms with Crippen LogP contribution < -0.4 is 11.5 Å². The van der Waals surface area contributed by atoms with Gasteiger partial charge in [0.25, 0.3) is 0 Å². The third-order valence-corrected chi connectivity index (χ3v) is 4.96. The number of unbranched alkanes of at least 4 members (excludes halogenated alkanes) is 11. The molecule has 0 spiro atoms. The quantitative estimate of drug-likeness (QED) is 0.315. The van der Waals surface area contributed by atoms with Crippen LogP contribution in [0.25, 0.3) is 0 Å². The molecule has 0 aromatic rings. The molecule has 134 valence electrons. The van der Waals surface area contributed by atoms with E-state index in [0.717, 1.165) is 19.0 Å². The van der Waals surface area contributed by atoms with Crippen LogP contribution >= 0.6 is 0 Å². The summed E-state index contributed by atoms with van der Waals surface area (Å²) in [5.74, 6) is 0.958. The predicted octanol–water partition coefficient (Wildman–Crippen LogP) is 5.78. The van der Waals surface area contributed by atoms with Crippen LogP contribution in [0, 0.1) is 5.92 Å². The van der Waals surface area contributed by atoms with Gasteiger partial charge in [-0.3, -0.25) is 0 Å². The summed E-state index contributed by atoms with van der Waals surface area (Å²) < 4.78 is 0. The zero-order valence-corrected chi connectivity index (χ0v) is 15.5. The van der Waals surface area contributed by atoms with Crippen LogP contribution in [-0.4, -0.2) is 13.1 Å². The topological polar surface area (TPSA) is 52.0 Å². The molecule has 0 aliphatic rings. The molecule has 0 bridgehead atoms. The van der Waals surface area contributed by atoms with Gasteiger partial charge in [-0.05, 0) is 31.8 Å². The highest BCUT2D eigenvalue weighted by Crippen LogP contribution is 2.20. The van der Waals surface area contributed by atoms with Gasteiger partial charge in [0.05, 0.1) is 0 Å². The first-order valence-electron chi connectivity index (χ1n) is 10.2. The van der Waals surface area contributed by atoms with Crippen molar-refractivity contribution in [1.29, 1.82) is 0 Å². The Morgan fingerprint density at radius 2 is 0.818 bits per heavy atom. The van der Waals surface area contributed by atoms with Crippen molar-refractivity contribution in [2.24, 2.45) is 17.4 Å². The van der Waals surface area contributed by atoms with Gasteiger partial charge in [-0.25, -0.2) is 0 Å². The van der Waals surface area contributed by atoms with Crippen molar-refractivity contribution in [1.82, 2.24) is 0 Å². The lowest BCUT2D eigenvalue weighted by atomic mass is 9.93. The minimum atomic E-state index is 0.865. The van der Waals surface area contributed by atoms with Gasteiger partial charge in [0, 0.05) is 0 Å². The van der Waals surface area contributed by atoms with Crippen LogP contribution in [0.3, 0.4) is 0 Å². The van der Waals surface area contributed by atoms with E-state index in [1.807, 2.05) is 0 Å². The summed E-state index contributed by atoms with van der Waals surface area (Å²) in [4.78, 5) is 0. The van der Waals surface area contributed by atoms with E-state index in [2.05, 4.69) is 6.92 Å². The fourth-order valence-electron chi connectivity index (χ4n) is 3.30. The predicted molar refractivity (Wildman–Crippen MR) is 101 cm³/mol. The molecule has 2 heteroatoms. The van der Waals surface area contributed by atoms with Gasteiger partial charge < -0.3 is 11.5 Å². The molecule has 1 atom stereocenters. The van der Waals surface area contributed by atoms with Crippen LogP contribution in [0.5, 0.6) is 0 Å². The van der Waals surface area contributed by atoms with Gasteiger partial charge in [0.2, 0.25) is 0 Å². The highest BCUT2D eigenvalue weighted by molar-refractivity contribution is 4.59. The second kappa shape index (κ2) is 19.0. The van der Waals surface area contributed by atoms with E-state index >= 15 is 0 Å². The zero-order valence-electron chi connectivity index (χ0n) is 15.5. The molecule has 0 aromatic carbocycles. The van der Waals surface area contributed by atoms with E-state index in [0.29, 0.717) is 0 Å². The molecular formula is C20H44N2. The van der Waals surface area contributed by atoms with E-state index < -0.39 is 0 Å². The van der Waals surface area contributed by atoms with Crippen molar-refractivity contribution >= 4 is 0 Å². The van der Waals surface area contributed by atoms with E-state index in [1.54, 1.807) is 0 Å². The first kappa shape index (κ1) is 21.9. The van der Waals surface area contributed by atoms with E-state index in [9.17, 15) is 0 Å². The molecule has 0 saturated heterocycles.